The van der Waals surface area contributed by atoms with Gasteiger partial charge in [-0.05, 0) is 25.1 Å². The number of nitrogens with zero attached hydrogens (tertiary/aromatic N) is 1. The maximum Gasteiger partial charge on any atom is 0.239 e. The standard InChI is InChI=1S/C11H19N3O/c1-3-5-13-11(15)9-14-6-4-10(8-14)7-12-2/h4,6,8,12H,3,5,7,9H2,1-2H3,(H,13,15). The van der Waals surface area contributed by atoms with Crippen LogP contribution >= 0.6 is 0 Å². The van der Waals surface area contributed by atoms with Gasteiger partial charge in [0.25, 0.3) is 0 Å². The summed E-state index contributed by atoms with van der Waals surface area (Å²) in [7, 11) is 1.91. The first-order valence-electron chi connectivity index (χ1n) is 5.32. The smallest absolute Gasteiger partial charge is 0.239 e. The van der Waals surface area contributed by atoms with Crippen molar-refractivity contribution in [3.05, 3.63) is 24.0 Å². The summed E-state index contributed by atoms with van der Waals surface area (Å²) < 4.78 is 1.90. The zero-order chi connectivity index (χ0) is 11.1. The Kier molecular flexibility index (Phi) is 4.90. The van der Waals surface area contributed by atoms with Crippen molar-refractivity contribution in [3.63, 3.8) is 0 Å². The second kappa shape index (κ2) is 6.24. The Bertz CT molecular complexity index is 307. The summed E-state index contributed by atoms with van der Waals surface area (Å²) in [5.74, 6) is 0.0726. The predicted molar refractivity (Wildman–Crippen MR) is 60.5 cm³/mol. The Hall–Kier alpha value is -1.29. The summed E-state index contributed by atoms with van der Waals surface area (Å²) in [6.45, 7) is 4.04. The maximum absolute atomic E-state index is 11.4. The van der Waals surface area contributed by atoms with E-state index < -0.39 is 0 Å². The molecule has 4 nitrogen and oxygen atoms in total. The number of carbonyl (C=O) groups excluding carboxylic acids is 1. The van der Waals surface area contributed by atoms with Gasteiger partial charge in [0.05, 0.1) is 0 Å². The molecule has 1 rings (SSSR count). The minimum atomic E-state index is 0.0726. The van der Waals surface area contributed by atoms with Crippen LogP contribution in [0.15, 0.2) is 18.5 Å². The molecular weight excluding hydrogens is 190 g/mol. The summed E-state index contributed by atoms with van der Waals surface area (Å²) in [6, 6.07) is 2.02. The van der Waals surface area contributed by atoms with Crippen LogP contribution < -0.4 is 10.6 Å². The average molecular weight is 209 g/mol. The molecule has 1 heterocycles. The highest BCUT2D eigenvalue weighted by atomic mass is 16.1. The highest BCUT2D eigenvalue weighted by molar-refractivity contribution is 5.75. The highest BCUT2D eigenvalue weighted by Crippen LogP contribution is 2.00. The van der Waals surface area contributed by atoms with Crippen molar-refractivity contribution in [1.82, 2.24) is 15.2 Å². The molecule has 0 saturated carbocycles. The molecule has 0 aliphatic rings. The minimum absolute atomic E-state index is 0.0726. The van der Waals surface area contributed by atoms with Crippen LogP contribution in [0.3, 0.4) is 0 Å². The molecule has 0 saturated heterocycles. The van der Waals surface area contributed by atoms with Gasteiger partial charge in [-0.1, -0.05) is 6.92 Å². The second-order valence-corrected chi connectivity index (χ2v) is 3.57. The second-order valence-electron chi connectivity index (χ2n) is 3.57. The van der Waals surface area contributed by atoms with Gasteiger partial charge in [0.1, 0.15) is 6.54 Å². The monoisotopic (exact) mass is 209 g/mol. The van der Waals surface area contributed by atoms with Gasteiger partial charge in [-0.25, -0.2) is 0 Å². The molecule has 1 aromatic heterocycles. The van der Waals surface area contributed by atoms with E-state index in [1.165, 1.54) is 5.56 Å². The van der Waals surface area contributed by atoms with Gasteiger partial charge in [0.15, 0.2) is 0 Å². The van der Waals surface area contributed by atoms with Crippen LogP contribution in [0.1, 0.15) is 18.9 Å². The maximum atomic E-state index is 11.4. The summed E-state index contributed by atoms with van der Waals surface area (Å²) in [5, 5.41) is 5.92. The molecule has 84 valence electrons. The number of carbonyl (C=O) groups is 1. The van der Waals surface area contributed by atoms with Crippen molar-refractivity contribution in [2.24, 2.45) is 0 Å². The Morgan fingerprint density at radius 3 is 3.00 bits per heavy atom. The summed E-state index contributed by atoms with van der Waals surface area (Å²) in [5.41, 5.74) is 1.20. The molecule has 0 aliphatic carbocycles. The fraction of sp³-hybridized carbons (Fsp3) is 0.545. The first-order valence-corrected chi connectivity index (χ1v) is 5.32. The van der Waals surface area contributed by atoms with E-state index in [1.807, 2.05) is 37.0 Å². The van der Waals surface area contributed by atoms with Crippen LogP contribution in [-0.4, -0.2) is 24.1 Å². The molecular formula is C11H19N3O. The Balaban J connectivity index is 2.39. The zero-order valence-corrected chi connectivity index (χ0v) is 9.42. The van der Waals surface area contributed by atoms with Crippen molar-refractivity contribution in [2.75, 3.05) is 13.6 Å². The third-order valence-corrected chi connectivity index (χ3v) is 2.09. The van der Waals surface area contributed by atoms with Crippen molar-refractivity contribution in [3.8, 4) is 0 Å². The zero-order valence-electron chi connectivity index (χ0n) is 9.42. The topological polar surface area (TPSA) is 46.1 Å². The van der Waals surface area contributed by atoms with E-state index in [0.29, 0.717) is 6.54 Å². The SMILES string of the molecule is CCCNC(=O)Cn1ccc(CNC)c1. The van der Waals surface area contributed by atoms with Gasteiger partial charge >= 0.3 is 0 Å². The van der Waals surface area contributed by atoms with E-state index in [-0.39, 0.29) is 5.91 Å². The molecule has 15 heavy (non-hydrogen) atoms. The Morgan fingerprint density at radius 1 is 1.53 bits per heavy atom. The van der Waals surface area contributed by atoms with Crippen LogP contribution in [0.5, 0.6) is 0 Å². The summed E-state index contributed by atoms with van der Waals surface area (Å²) in [4.78, 5) is 11.4. The molecule has 4 heteroatoms. The van der Waals surface area contributed by atoms with E-state index in [2.05, 4.69) is 10.6 Å². The predicted octanol–water partition coefficient (Wildman–Crippen LogP) is 0.734. The van der Waals surface area contributed by atoms with Crippen LogP contribution in [0.2, 0.25) is 0 Å². The van der Waals surface area contributed by atoms with Crippen LogP contribution in [-0.2, 0) is 17.9 Å². The molecule has 1 amide bonds. The van der Waals surface area contributed by atoms with Gasteiger partial charge < -0.3 is 15.2 Å². The van der Waals surface area contributed by atoms with Gasteiger partial charge in [0, 0.05) is 25.5 Å². The van der Waals surface area contributed by atoms with E-state index in [4.69, 9.17) is 0 Å². The molecule has 0 aromatic carbocycles. The summed E-state index contributed by atoms with van der Waals surface area (Å²) >= 11 is 0. The van der Waals surface area contributed by atoms with Gasteiger partial charge in [-0.3, -0.25) is 4.79 Å². The molecule has 1 aromatic rings. The molecule has 0 unspecified atom stereocenters. The van der Waals surface area contributed by atoms with E-state index in [1.54, 1.807) is 0 Å². The van der Waals surface area contributed by atoms with Crippen molar-refractivity contribution in [2.45, 2.75) is 26.4 Å². The number of hydrogen-bond donors (Lipinski definition) is 2. The van der Waals surface area contributed by atoms with Crippen LogP contribution in [0.25, 0.3) is 0 Å². The van der Waals surface area contributed by atoms with E-state index >= 15 is 0 Å². The average Bonchev–Trinajstić information content (AvgIpc) is 2.63. The van der Waals surface area contributed by atoms with Gasteiger partial charge in [-0.2, -0.15) is 0 Å². The fourth-order valence-corrected chi connectivity index (χ4v) is 1.38. The molecule has 0 atom stereocenters. The lowest BCUT2D eigenvalue weighted by molar-refractivity contribution is -0.121. The largest absolute Gasteiger partial charge is 0.355 e. The molecule has 0 fully saturated rings. The fourth-order valence-electron chi connectivity index (χ4n) is 1.38. The number of aromatic nitrogens is 1. The van der Waals surface area contributed by atoms with Gasteiger partial charge in [-0.15, -0.1) is 0 Å². The third kappa shape index (κ3) is 4.16. The lowest BCUT2D eigenvalue weighted by Gasteiger charge is -2.04. The van der Waals surface area contributed by atoms with E-state index in [9.17, 15) is 4.79 Å². The molecule has 0 bridgehead atoms. The number of hydrogen-bond acceptors (Lipinski definition) is 2. The lowest BCUT2D eigenvalue weighted by Crippen LogP contribution is -2.27. The number of rotatable bonds is 6. The quantitative estimate of drug-likeness (QED) is 0.725. The highest BCUT2D eigenvalue weighted by Gasteiger charge is 2.01. The number of nitrogens with one attached hydrogen (secondary N) is 2. The normalized spacial score (nSPS) is 10.3. The third-order valence-electron chi connectivity index (χ3n) is 2.09. The van der Waals surface area contributed by atoms with Crippen molar-refractivity contribution >= 4 is 5.91 Å². The van der Waals surface area contributed by atoms with Crippen molar-refractivity contribution in [1.29, 1.82) is 0 Å². The summed E-state index contributed by atoms with van der Waals surface area (Å²) in [6.07, 6.45) is 4.89. The van der Waals surface area contributed by atoms with E-state index in [0.717, 1.165) is 19.5 Å². The molecule has 2 N–H and O–H groups in total. The Labute approximate surface area is 90.7 Å². The minimum Gasteiger partial charge on any atom is -0.355 e. The molecule has 0 spiro atoms. The Morgan fingerprint density at radius 2 is 2.33 bits per heavy atom. The number of amides is 1. The van der Waals surface area contributed by atoms with Crippen LogP contribution in [0.4, 0.5) is 0 Å². The molecule has 0 aliphatic heterocycles. The first kappa shape index (κ1) is 11.8. The van der Waals surface area contributed by atoms with Crippen molar-refractivity contribution < 1.29 is 4.79 Å². The first-order chi connectivity index (χ1) is 7.26. The lowest BCUT2D eigenvalue weighted by atomic mass is 10.3. The molecule has 0 radical (unpaired) electrons. The van der Waals surface area contributed by atoms with Crippen LogP contribution in [0, 0.1) is 0 Å². The van der Waals surface area contributed by atoms with Gasteiger partial charge in [0.2, 0.25) is 5.91 Å².